The Hall–Kier alpha value is -3.12. The Morgan fingerprint density at radius 1 is 1.16 bits per heavy atom. The van der Waals surface area contributed by atoms with Crippen molar-refractivity contribution in [2.75, 3.05) is 19.8 Å². The van der Waals surface area contributed by atoms with Crippen molar-refractivity contribution >= 4 is 17.4 Å². The van der Waals surface area contributed by atoms with Crippen LogP contribution in [0.1, 0.15) is 41.1 Å². The van der Waals surface area contributed by atoms with Crippen LogP contribution < -0.4 is 4.74 Å². The Morgan fingerprint density at radius 2 is 2.00 bits per heavy atom. The summed E-state index contributed by atoms with van der Waals surface area (Å²) in [5.41, 5.74) is 3.45. The lowest BCUT2D eigenvalue weighted by molar-refractivity contribution is -0.140. The third-order valence-electron chi connectivity index (χ3n) is 6.41. The van der Waals surface area contributed by atoms with Crippen molar-refractivity contribution in [3.05, 3.63) is 70.3 Å². The molecule has 0 spiro atoms. The first-order valence-corrected chi connectivity index (χ1v) is 10.8. The average Bonchev–Trinajstić information content (AvgIpc) is 3.50. The smallest absolute Gasteiger partial charge is 0.295 e. The molecule has 1 N–H and O–H groups in total. The maximum Gasteiger partial charge on any atom is 0.295 e. The standard InChI is InChI=1S/C25H25NO5/c1-15-5-2-3-7-19(15)22-21(23(27)17-8-9-20-16(13-17)10-12-31-20)24(28)25(29)26(22)14-18-6-4-11-30-18/h2-3,5,7-9,13,18,22,27H,4,6,10-12,14H2,1H3/b23-21+. The molecular formula is C25H25NO5. The van der Waals surface area contributed by atoms with E-state index in [1.165, 1.54) is 0 Å². The third kappa shape index (κ3) is 3.41. The molecule has 160 valence electrons. The van der Waals surface area contributed by atoms with Crippen molar-refractivity contribution in [1.29, 1.82) is 0 Å². The number of likely N-dealkylation sites (tertiary alicyclic amines) is 1. The average molecular weight is 419 g/mol. The summed E-state index contributed by atoms with van der Waals surface area (Å²) in [6, 6.07) is 12.4. The normalized spacial score (nSPS) is 24.5. The number of aliphatic hydroxyl groups excluding tert-OH is 1. The molecule has 2 aromatic carbocycles. The van der Waals surface area contributed by atoms with Crippen LogP contribution in [0.25, 0.3) is 5.76 Å². The second-order valence-electron chi connectivity index (χ2n) is 8.36. The lowest BCUT2D eigenvalue weighted by Crippen LogP contribution is -2.36. The van der Waals surface area contributed by atoms with Crippen LogP contribution in [0.2, 0.25) is 0 Å². The molecule has 1 amide bonds. The minimum absolute atomic E-state index is 0.0955. The monoisotopic (exact) mass is 419 g/mol. The summed E-state index contributed by atoms with van der Waals surface area (Å²) in [6.07, 6.45) is 2.46. The number of aliphatic hydroxyl groups is 1. The second kappa shape index (κ2) is 7.85. The zero-order valence-corrected chi connectivity index (χ0v) is 17.5. The van der Waals surface area contributed by atoms with Gasteiger partial charge in [0, 0.05) is 25.1 Å². The molecule has 2 saturated heterocycles. The van der Waals surface area contributed by atoms with E-state index in [9.17, 15) is 14.7 Å². The number of carbonyl (C=O) groups excluding carboxylic acids is 2. The maximum absolute atomic E-state index is 13.2. The molecule has 2 fully saturated rings. The molecule has 3 heterocycles. The van der Waals surface area contributed by atoms with Gasteiger partial charge in [0.25, 0.3) is 11.7 Å². The van der Waals surface area contributed by atoms with Gasteiger partial charge in [0.05, 0.1) is 24.3 Å². The van der Waals surface area contributed by atoms with E-state index in [-0.39, 0.29) is 17.4 Å². The van der Waals surface area contributed by atoms with Crippen LogP contribution >= 0.6 is 0 Å². The molecule has 2 unspecified atom stereocenters. The van der Waals surface area contributed by atoms with Gasteiger partial charge in [-0.3, -0.25) is 9.59 Å². The minimum atomic E-state index is -0.652. The van der Waals surface area contributed by atoms with Gasteiger partial charge < -0.3 is 19.5 Å². The molecular weight excluding hydrogens is 394 g/mol. The van der Waals surface area contributed by atoms with Crippen LogP contribution in [-0.4, -0.2) is 47.6 Å². The molecule has 3 aliphatic rings. The fourth-order valence-corrected chi connectivity index (χ4v) is 4.78. The predicted molar refractivity (Wildman–Crippen MR) is 115 cm³/mol. The number of ether oxygens (including phenoxy) is 2. The first kappa shape index (κ1) is 19.8. The largest absolute Gasteiger partial charge is 0.507 e. The van der Waals surface area contributed by atoms with E-state index >= 15 is 0 Å². The highest BCUT2D eigenvalue weighted by molar-refractivity contribution is 6.46. The number of carbonyl (C=O) groups is 2. The van der Waals surface area contributed by atoms with Crippen LogP contribution in [0.15, 0.2) is 48.0 Å². The molecule has 6 nitrogen and oxygen atoms in total. The molecule has 0 saturated carbocycles. The Morgan fingerprint density at radius 3 is 2.77 bits per heavy atom. The Bertz CT molecular complexity index is 1080. The molecule has 2 atom stereocenters. The van der Waals surface area contributed by atoms with Gasteiger partial charge in [-0.1, -0.05) is 24.3 Å². The van der Waals surface area contributed by atoms with E-state index in [0.717, 1.165) is 41.7 Å². The first-order valence-electron chi connectivity index (χ1n) is 10.8. The molecule has 31 heavy (non-hydrogen) atoms. The Kier molecular flexibility index (Phi) is 5.02. The highest BCUT2D eigenvalue weighted by Crippen LogP contribution is 2.41. The number of nitrogens with zero attached hydrogens (tertiary/aromatic N) is 1. The molecule has 0 bridgehead atoms. The van der Waals surface area contributed by atoms with Crippen LogP contribution in [0, 0.1) is 6.92 Å². The number of amides is 1. The fraction of sp³-hybridized carbons (Fsp3) is 0.360. The maximum atomic E-state index is 13.2. The highest BCUT2D eigenvalue weighted by atomic mass is 16.5. The van der Waals surface area contributed by atoms with Crippen molar-refractivity contribution in [2.24, 2.45) is 0 Å². The lowest BCUT2D eigenvalue weighted by atomic mass is 9.92. The van der Waals surface area contributed by atoms with E-state index in [1.54, 1.807) is 11.0 Å². The minimum Gasteiger partial charge on any atom is -0.507 e. The highest BCUT2D eigenvalue weighted by Gasteiger charge is 2.47. The molecule has 0 aliphatic carbocycles. The molecule has 6 heteroatoms. The molecule has 3 aliphatic heterocycles. The Labute approximate surface area is 181 Å². The van der Waals surface area contributed by atoms with Crippen LogP contribution in [0.3, 0.4) is 0 Å². The summed E-state index contributed by atoms with van der Waals surface area (Å²) in [6.45, 7) is 3.56. The van der Waals surface area contributed by atoms with Gasteiger partial charge >= 0.3 is 0 Å². The number of aryl methyl sites for hydroxylation is 1. The summed E-state index contributed by atoms with van der Waals surface area (Å²) in [5.74, 6) is -0.586. The van der Waals surface area contributed by atoms with Gasteiger partial charge in [-0.05, 0) is 54.7 Å². The van der Waals surface area contributed by atoms with Crippen molar-refractivity contribution in [3.63, 3.8) is 0 Å². The summed E-state index contributed by atoms with van der Waals surface area (Å²) in [5, 5.41) is 11.2. The zero-order valence-electron chi connectivity index (χ0n) is 17.5. The number of hydrogen-bond acceptors (Lipinski definition) is 5. The van der Waals surface area contributed by atoms with Gasteiger partial charge in [-0.2, -0.15) is 0 Å². The van der Waals surface area contributed by atoms with Crippen molar-refractivity contribution in [3.8, 4) is 5.75 Å². The SMILES string of the molecule is Cc1ccccc1C1/C(=C(\O)c2ccc3c(c2)CCO3)C(=O)C(=O)N1CC1CCCO1. The van der Waals surface area contributed by atoms with Gasteiger partial charge in [-0.15, -0.1) is 0 Å². The molecule has 2 aromatic rings. The van der Waals surface area contributed by atoms with E-state index in [0.29, 0.717) is 25.3 Å². The zero-order chi connectivity index (χ0) is 21.5. The number of rotatable bonds is 4. The quantitative estimate of drug-likeness (QED) is 0.466. The van der Waals surface area contributed by atoms with Crippen LogP contribution in [0.5, 0.6) is 5.75 Å². The van der Waals surface area contributed by atoms with Gasteiger partial charge in [0.15, 0.2) is 0 Å². The van der Waals surface area contributed by atoms with Crippen LogP contribution in [0.4, 0.5) is 0 Å². The fourth-order valence-electron chi connectivity index (χ4n) is 4.78. The van der Waals surface area contributed by atoms with Crippen molar-refractivity contribution in [1.82, 2.24) is 4.90 Å². The number of fused-ring (bicyclic) bond motifs is 1. The summed E-state index contributed by atoms with van der Waals surface area (Å²) in [4.78, 5) is 27.8. The van der Waals surface area contributed by atoms with Crippen molar-refractivity contribution in [2.45, 2.75) is 38.3 Å². The number of benzene rings is 2. The van der Waals surface area contributed by atoms with E-state index < -0.39 is 17.7 Å². The van der Waals surface area contributed by atoms with E-state index in [2.05, 4.69) is 0 Å². The third-order valence-corrected chi connectivity index (χ3v) is 6.41. The van der Waals surface area contributed by atoms with Gasteiger partial charge in [0.2, 0.25) is 0 Å². The van der Waals surface area contributed by atoms with Gasteiger partial charge in [0.1, 0.15) is 11.5 Å². The summed E-state index contributed by atoms with van der Waals surface area (Å²) in [7, 11) is 0. The summed E-state index contributed by atoms with van der Waals surface area (Å²) < 4.78 is 11.3. The number of Topliss-reactive ketones (excluding diaryl/α,β-unsaturated/α-hetero) is 1. The molecule has 0 radical (unpaired) electrons. The topological polar surface area (TPSA) is 76.1 Å². The lowest BCUT2D eigenvalue weighted by Gasteiger charge is -2.28. The first-order chi connectivity index (χ1) is 15.0. The molecule has 5 rings (SSSR count). The predicted octanol–water partition coefficient (Wildman–Crippen LogP) is 3.53. The number of ketones is 1. The summed E-state index contributed by atoms with van der Waals surface area (Å²) >= 11 is 0. The van der Waals surface area contributed by atoms with E-state index in [1.807, 2.05) is 43.3 Å². The molecule has 0 aromatic heterocycles. The number of hydrogen-bond donors (Lipinski definition) is 1. The van der Waals surface area contributed by atoms with Crippen molar-refractivity contribution < 1.29 is 24.2 Å². The van der Waals surface area contributed by atoms with Gasteiger partial charge in [-0.25, -0.2) is 0 Å². The Balaban J connectivity index is 1.63. The second-order valence-corrected chi connectivity index (χ2v) is 8.36. The van der Waals surface area contributed by atoms with Crippen LogP contribution in [-0.2, 0) is 20.7 Å². The van der Waals surface area contributed by atoms with E-state index in [4.69, 9.17) is 9.47 Å².